The average molecular weight is 381 g/mol. The van der Waals surface area contributed by atoms with Gasteiger partial charge in [0, 0.05) is 32.6 Å². The first-order chi connectivity index (χ1) is 12.1. The number of aryl methyl sites for hydroxylation is 2. The number of carbonyl (C=O) groups excluding carboxylic acids is 1. The van der Waals surface area contributed by atoms with Crippen molar-refractivity contribution in [3.8, 4) is 0 Å². The summed E-state index contributed by atoms with van der Waals surface area (Å²) >= 11 is 0. The van der Waals surface area contributed by atoms with Crippen LogP contribution in [0.25, 0.3) is 11.0 Å². The smallest absolute Gasteiger partial charge is 0.328 e. The molecule has 6 nitrogen and oxygen atoms in total. The number of halogens is 1. The van der Waals surface area contributed by atoms with Crippen molar-refractivity contribution >= 4 is 29.3 Å². The third-order valence-corrected chi connectivity index (χ3v) is 5.14. The minimum Gasteiger partial charge on any atom is -0.340 e. The molecule has 1 aromatic carbocycles. The van der Waals surface area contributed by atoms with E-state index < -0.39 is 0 Å². The lowest BCUT2D eigenvalue weighted by molar-refractivity contribution is -0.134. The van der Waals surface area contributed by atoms with Crippen molar-refractivity contribution in [2.45, 2.75) is 45.2 Å². The first-order valence-corrected chi connectivity index (χ1v) is 9.28. The maximum absolute atomic E-state index is 12.8. The molecule has 2 aromatic rings. The van der Waals surface area contributed by atoms with Crippen LogP contribution in [0.5, 0.6) is 0 Å². The van der Waals surface area contributed by atoms with Gasteiger partial charge in [-0.05, 0) is 44.5 Å². The third-order valence-electron chi connectivity index (χ3n) is 5.14. The number of carbonyl (C=O) groups is 1. The lowest BCUT2D eigenvalue weighted by Gasteiger charge is -2.34. The van der Waals surface area contributed by atoms with Gasteiger partial charge in [-0.25, -0.2) is 4.79 Å². The zero-order chi connectivity index (χ0) is 17.8. The van der Waals surface area contributed by atoms with Crippen molar-refractivity contribution in [1.82, 2.24) is 19.4 Å². The molecular weight excluding hydrogens is 352 g/mol. The second-order valence-corrected chi connectivity index (χ2v) is 6.80. The molecule has 1 saturated heterocycles. The Hall–Kier alpha value is -1.79. The molecule has 0 saturated carbocycles. The summed E-state index contributed by atoms with van der Waals surface area (Å²) in [6.07, 6.45) is 3.36. The molecular formula is C19H29ClN4O2. The highest BCUT2D eigenvalue weighted by atomic mass is 35.5. The Kier molecular flexibility index (Phi) is 7.29. The SMILES string of the molecule is CCCN(C(=O)CCn1c(=O)n(C)c2ccccc21)C1CCNCC1.Cl. The molecule has 0 aliphatic carbocycles. The van der Waals surface area contributed by atoms with Crippen LogP contribution in [0.15, 0.2) is 29.1 Å². The van der Waals surface area contributed by atoms with Crippen LogP contribution >= 0.6 is 12.4 Å². The molecule has 0 spiro atoms. The topological polar surface area (TPSA) is 59.3 Å². The largest absolute Gasteiger partial charge is 0.340 e. The van der Waals surface area contributed by atoms with Gasteiger partial charge < -0.3 is 10.2 Å². The number of imidazole rings is 1. The zero-order valence-electron chi connectivity index (χ0n) is 15.6. The summed E-state index contributed by atoms with van der Waals surface area (Å²) in [6.45, 7) is 5.29. The van der Waals surface area contributed by atoms with Gasteiger partial charge in [-0.3, -0.25) is 13.9 Å². The van der Waals surface area contributed by atoms with Gasteiger partial charge in [0.25, 0.3) is 0 Å². The van der Waals surface area contributed by atoms with Gasteiger partial charge in [-0.1, -0.05) is 19.1 Å². The van der Waals surface area contributed by atoms with E-state index in [1.54, 1.807) is 16.2 Å². The van der Waals surface area contributed by atoms with Gasteiger partial charge in [0.1, 0.15) is 0 Å². The molecule has 1 aliphatic heterocycles. The van der Waals surface area contributed by atoms with Gasteiger partial charge in [-0.15, -0.1) is 12.4 Å². The molecule has 1 aromatic heterocycles. The van der Waals surface area contributed by atoms with Crippen LogP contribution in [0.2, 0.25) is 0 Å². The van der Waals surface area contributed by atoms with Crippen molar-refractivity contribution in [2.75, 3.05) is 19.6 Å². The molecule has 1 fully saturated rings. The molecule has 0 bridgehead atoms. The second-order valence-electron chi connectivity index (χ2n) is 6.80. The minimum atomic E-state index is -0.0575. The van der Waals surface area contributed by atoms with Gasteiger partial charge in [0.05, 0.1) is 11.0 Å². The van der Waals surface area contributed by atoms with E-state index in [1.807, 2.05) is 29.2 Å². The second kappa shape index (κ2) is 9.24. The summed E-state index contributed by atoms with van der Waals surface area (Å²) in [6, 6.07) is 8.07. The zero-order valence-corrected chi connectivity index (χ0v) is 16.4. The van der Waals surface area contributed by atoms with Crippen molar-refractivity contribution in [3.63, 3.8) is 0 Å². The Morgan fingerprint density at radius 1 is 1.23 bits per heavy atom. The summed E-state index contributed by atoms with van der Waals surface area (Å²) in [5.74, 6) is 0.161. The third kappa shape index (κ3) is 4.13. The fourth-order valence-corrected chi connectivity index (χ4v) is 3.80. The fourth-order valence-electron chi connectivity index (χ4n) is 3.80. The van der Waals surface area contributed by atoms with Crippen LogP contribution in [0.4, 0.5) is 0 Å². The molecule has 144 valence electrons. The van der Waals surface area contributed by atoms with Crippen LogP contribution in [-0.4, -0.2) is 45.6 Å². The summed E-state index contributed by atoms with van der Waals surface area (Å²) < 4.78 is 3.37. The molecule has 0 radical (unpaired) electrons. The summed E-state index contributed by atoms with van der Waals surface area (Å²) in [5, 5.41) is 3.35. The highest BCUT2D eigenvalue weighted by Crippen LogP contribution is 2.16. The molecule has 1 amide bonds. The van der Waals surface area contributed by atoms with Gasteiger partial charge in [-0.2, -0.15) is 0 Å². The Morgan fingerprint density at radius 3 is 2.54 bits per heavy atom. The van der Waals surface area contributed by atoms with Crippen molar-refractivity contribution in [2.24, 2.45) is 7.05 Å². The molecule has 26 heavy (non-hydrogen) atoms. The number of fused-ring (bicyclic) bond motifs is 1. The Balaban J connectivity index is 0.00000243. The lowest BCUT2D eigenvalue weighted by atomic mass is 10.0. The monoisotopic (exact) mass is 380 g/mol. The number of amides is 1. The number of aromatic nitrogens is 2. The maximum Gasteiger partial charge on any atom is 0.328 e. The van der Waals surface area contributed by atoms with Crippen LogP contribution in [0, 0.1) is 0 Å². The quantitative estimate of drug-likeness (QED) is 0.835. The summed E-state index contributed by atoms with van der Waals surface area (Å²) in [4.78, 5) is 27.4. The van der Waals surface area contributed by atoms with Gasteiger partial charge in [0.15, 0.2) is 0 Å². The minimum absolute atomic E-state index is 0. The van der Waals surface area contributed by atoms with Gasteiger partial charge >= 0.3 is 5.69 Å². The standard InChI is InChI=1S/C19H28N4O2.ClH/c1-3-13-22(15-8-11-20-12-9-15)18(24)10-14-23-17-7-5-4-6-16(17)21(2)19(23)25;/h4-7,15,20H,3,8-14H2,1-2H3;1H. The molecule has 3 rings (SSSR count). The number of nitrogens with one attached hydrogen (secondary N) is 1. The average Bonchev–Trinajstić information content (AvgIpc) is 2.89. The number of hydrogen-bond acceptors (Lipinski definition) is 3. The number of rotatable bonds is 6. The van der Waals surface area contributed by atoms with E-state index in [0.717, 1.165) is 49.9 Å². The van der Waals surface area contributed by atoms with Crippen molar-refractivity contribution in [3.05, 3.63) is 34.7 Å². The summed E-state index contributed by atoms with van der Waals surface area (Å²) in [5.41, 5.74) is 1.74. The van der Waals surface area contributed by atoms with Crippen LogP contribution in [0.3, 0.4) is 0 Å². The van der Waals surface area contributed by atoms with Crippen LogP contribution in [0.1, 0.15) is 32.6 Å². The fraction of sp³-hybridized carbons (Fsp3) is 0.579. The number of hydrogen-bond donors (Lipinski definition) is 1. The van der Waals surface area contributed by atoms with Crippen LogP contribution < -0.4 is 11.0 Å². The van der Waals surface area contributed by atoms with E-state index in [2.05, 4.69) is 12.2 Å². The number of para-hydroxylation sites is 2. The first kappa shape index (κ1) is 20.5. The maximum atomic E-state index is 12.8. The van der Waals surface area contributed by atoms with E-state index in [4.69, 9.17) is 0 Å². The van der Waals surface area contributed by atoms with E-state index in [9.17, 15) is 9.59 Å². The Bertz CT molecular complexity index is 792. The molecule has 2 heterocycles. The predicted octanol–water partition coefficient (Wildman–Crippen LogP) is 2.14. The van der Waals surface area contributed by atoms with E-state index in [1.165, 1.54) is 0 Å². The highest BCUT2D eigenvalue weighted by Gasteiger charge is 2.24. The molecule has 7 heteroatoms. The van der Waals surface area contributed by atoms with Gasteiger partial charge in [0.2, 0.25) is 5.91 Å². The number of nitrogens with zero attached hydrogens (tertiary/aromatic N) is 3. The van der Waals surface area contributed by atoms with Crippen LogP contribution in [-0.2, 0) is 18.4 Å². The Labute approximate surface area is 160 Å². The number of benzene rings is 1. The normalized spacial score (nSPS) is 15.0. The van der Waals surface area contributed by atoms with E-state index in [0.29, 0.717) is 19.0 Å². The number of piperidine rings is 1. The first-order valence-electron chi connectivity index (χ1n) is 9.28. The van der Waals surface area contributed by atoms with Crippen molar-refractivity contribution < 1.29 is 4.79 Å². The summed E-state index contributed by atoms with van der Waals surface area (Å²) in [7, 11) is 1.78. The predicted molar refractivity (Wildman–Crippen MR) is 107 cm³/mol. The molecule has 1 N–H and O–H groups in total. The van der Waals surface area contributed by atoms with E-state index >= 15 is 0 Å². The van der Waals surface area contributed by atoms with E-state index in [-0.39, 0.29) is 24.0 Å². The lowest BCUT2D eigenvalue weighted by Crippen LogP contribution is -2.46. The van der Waals surface area contributed by atoms with Crippen molar-refractivity contribution in [1.29, 1.82) is 0 Å². The molecule has 0 unspecified atom stereocenters. The Morgan fingerprint density at radius 2 is 1.88 bits per heavy atom. The molecule has 0 atom stereocenters. The highest BCUT2D eigenvalue weighted by molar-refractivity contribution is 5.85. The molecule has 1 aliphatic rings.